The molecule has 2 N–H and O–H groups in total. The van der Waals surface area contributed by atoms with E-state index in [0.717, 1.165) is 12.0 Å². The normalized spacial score (nSPS) is 11.5. The van der Waals surface area contributed by atoms with Crippen LogP contribution in [0.25, 0.3) is 0 Å². The van der Waals surface area contributed by atoms with Crippen LogP contribution in [0.1, 0.15) is 0 Å². The lowest BCUT2D eigenvalue weighted by Gasteiger charge is -2.22. The fourth-order valence-corrected chi connectivity index (χ4v) is 2.19. The third kappa shape index (κ3) is 10.3. The van der Waals surface area contributed by atoms with Gasteiger partial charge in [0.15, 0.2) is 5.96 Å². The lowest BCUT2D eigenvalue weighted by Crippen LogP contribution is -2.43. The third-order valence-corrected chi connectivity index (χ3v) is 3.51. The number of nitrogens with one attached hydrogen (secondary N) is 2. The predicted molar refractivity (Wildman–Crippen MR) is 104 cm³/mol. The van der Waals surface area contributed by atoms with Crippen LogP contribution in [-0.2, 0) is 10.0 Å². The summed E-state index contributed by atoms with van der Waals surface area (Å²) in [5.74, 6) is 1.52. The minimum Gasteiger partial charge on any atom is -0.492 e. The Labute approximate surface area is 155 Å². The monoisotopic (exact) mass is 456 g/mol. The van der Waals surface area contributed by atoms with Gasteiger partial charge >= 0.3 is 0 Å². The van der Waals surface area contributed by atoms with Crippen molar-refractivity contribution in [1.82, 2.24) is 14.9 Å². The van der Waals surface area contributed by atoms with Gasteiger partial charge in [-0.05, 0) is 12.1 Å². The van der Waals surface area contributed by atoms with Gasteiger partial charge in [-0.2, -0.15) is 0 Å². The van der Waals surface area contributed by atoms with Crippen molar-refractivity contribution < 1.29 is 13.2 Å². The molecule has 0 spiro atoms. The Kier molecular flexibility index (Phi) is 10.9. The first kappa shape index (κ1) is 21.9. The molecule has 0 heterocycles. The predicted octanol–water partition coefficient (Wildman–Crippen LogP) is 0.740. The molecule has 0 saturated carbocycles. The number of hydrogen-bond acceptors (Lipinski definition) is 4. The smallest absolute Gasteiger partial charge is 0.208 e. The van der Waals surface area contributed by atoms with Gasteiger partial charge in [0.25, 0.3) is 0 Å². The highest BCUT2D eigenvalue weighted by molar-refractivity contribution is 14.0. The van der Waals surface area contributed by atoms with Gasteiger partial charge in [-0.25, -0.2) is 13.1 Å². The molecule has 0 aliphatic rings. The molecule has 1 aromatic carbocycles. The molecule has 1 aromatic rings. The molecule has 0 saturated heterocycles. The first-order chi connectivity index (χ1) is 10.4. The van der Waals surface area contributed by atoms with E-state index in [1.807, 2.05) is 42.3 Å². The van der Waals surface area contributed by atoms with Crippen molar-refractivity contribution in [3.8, 4) is 5.75 Å². The number of rotatable bonds is 8. The molecule has 0 atom stereocenters. The molecule has 0 bridgehead atoms. The van der Waals surface area contributed by atoms with E-state index in [2.05, 4.69) is 15.0 Å². The molecule has 0 aliphatic heterocycles. The summed E-state index contributed by atoms with van der Waals surface area (Å²) in [4.78, 5) is 6.07. The zero-order chi connectivity index (χ0) is 16.4. The van der Waals surface area contributed by atoms with Crippen molar-refractivity contribution in [1.29, 1.82) is 0 Å². The largest absolute Gasteiger partial charge is 0.492 e. The maximum absolute atomic E-state index is 11.0. The van der Waals surface area contributed by atoms with Gasteiger partial charge in [0.05, 0.1) is 12.8 Å². The second-order valence-corrected chi connectivity index (χ2v) is 6.56. The summed E-state index contributed by atoms with van der Waals surface area (Å²) in [5, 5.41) is 3.08. The van der Waals surface area contributed by atoms with E-state index in [4.69, 9.17) is 4.74 Å². The number of nitrogens with zero attached hydrogens (tertiary/aromatic N) is 2. The van der Waals surface area contributed by atoms with Crippen LogP contribution in [0.3, 0.4) is 0 Å². The number of hydrogen-bond donors (Lipinski definition) is 2. The quantitative estimate of drug-likeness (QED) is 0.261. The molecule has 1 rings (SSSR count). The summed E-state index contributed by atoms with van der Waals surface area (Å²) in [6.07, 6.45) is 1.13. The highest BCUT2D eigenvalue weighted by Gasteiger charge is 2.06. The SMILES string of the molecule is CN=C(NCCNS(C)(=O)=O)N(C)CCOc1ccccc1.I. The summed E-state index contributed by atoms with van der Waals surface area (Å²) < 4.78 is 30.0. The van der Waals surface area contributed by atoms with E-state index < -0.39 is 10.0 Å². The lowest BCUT2D eigenvalue weighted by atomic mass is 10.3. The second kappa shape index (κ2) is 11.5. The number of guanidine groups is 1. The van der Waals surface area contributed by atoms with Gasteiger partial charge in [0, 0.05) is 27.2 Å². The van der Waals surface area contributed by atoms with Gasteiger partial charge in [-0.3, -0.25) is 4.99 Å². The zero-order valence-corrected chi connectivity index (χ0v) is 16.8. The summed E-state index contributed by atoms with van der Waals surface area (Å²) in [6, 6.07) is 9.60. The average molecular weight is 456 g/mol. The van der Waals surface area contributed by atoms with Gasteiger partial charge in [0.2, 0.25) is 10.0 Å². The average Bonchev–Trinajstić information content (AvgIpc) is 2.47. The Balaban J connectivity index is 0.00000484. The maximum Gasteiger partial charge on any atom is 0.208 e. The summed E-state index contributed by atoms with van der Waals surface area (Å²) in [6.45, 7) is 1.96. The molecule has 132 valence electrons. The first-order valence-corrected chi connectivity index (χ1v) is 8.86. The molecule has 0 radical (unpaired) electrons. The Bertz CT molecular complexity index is 567. The second-order valence-electron chi connectivity index (χ2n) is 4.72. The minimum absolute atomic E-state index is 0. The van der Waals surface area contributed by atoms with Gasteiger partial charge in [0.1, 0.15) is 12.4 Å². The highest BCUT2D eigenvalue weighted by Crippen LogP contribution is 2.07. The number of para-hydroxylation sites is 1. The van der Waals surface area contributed by atoms with E-state index in [9.17, 15) is 8.42 Å². The van der Waals surface area contributed by atoms with Crippen LogP contribution in [0.4, 0.5) is 0 Å². The molecule has 0 amide bonds. The number of halogens is 1. The van der Waals surface area contributed by atoms with Crippen LogP contribution in [0, 0.1) is 0 Å². The molecular formula is C14H25IN4O3S. The lowest BCUT2D eigenvalue weighted by molar-refractivity contribution is 0.281. The molecule has 0 unspecified atom stereocenters. The minimum atomic E-state index is -3.16. The van der Waals surface area contributed by atoms with Crippen LogP contribution in [0.5, 0.6) is 5.75 Å². The van der Waals surface area contributed by atoms with Crippen molar-refractivity contribution in [2.75, 3.05) is 46.6 Å². The number of sulfonamides is 1. The topological polar surface area (TPSA) is 83.0 Å². The summed E-state index contributed by atoms with van der Waals surface area (Å²) in [7, 11) is 0.421. The van der Waals surface area contributed by atoms with E-state index in [1.165, 1.54) is 0 Å². The highest BCUT2D eigenvalue weighted by atomic mass is 127. The van der Waals surface area contributed by atoms with Crippen molar-refractivity contribution in [3.63, 3.8) is 0 Å². The third-order valence-electron chi connectivity index (χ3n) is 2.78. The Morgan fingerprint density at radius 3 is 2.48 bits per heavy atom. The van der Waals surface area contributed by atoms with E-state index in [0.29, 0.717) is 32.2 Å². The summed E-state index contributed by atoms with van der Waals surface area (Å²) >= 11 is 0. The van der Waals surface area contributed by atoms with Gasteiger partial charge in [-0.15, -0.1) is 24.0 Å². The number of likely N-dealkylation sites (N-methyl/N-ethyl adjacent to an activating group) is 1. The zero-order valence-electron chi connectivity index (χ0n) is 13.7. The molecule has 0 aliphatic carbocycles. The number of aliphatic imine (C=N–C) groups is 1. The van der Waals surface area contributed by atoms with E-state index in [1.54, 1.807) is 7.05 Å². The van der Waals surface area contributed by atoms with Crippen molar-refractivity contribution in [3.05, 3.63) is 30.3 Å². The van der Waals surface area contributed by atoms with Crippen LogP contribution in [0.2, 0.25) is 0 Å². The van der Waals surface area contributed by atoms with Crippen LogP contribution in [0.15, 0.2) is 35.3 Å². The fourth-order valence-electron chi connectivity index (χ4n) is 1.72. The number of ether oxygens (including phenoxy) is 1. The number of benzene rings is 1. The standard InChI is InChI=1S/C14H24N4O3S.HI/c1-15-14(16-9-10-17-22(3,19)20)18(2)11-12-21-13-7-5-4-6-8-13;/h4-8,17H,9-12H2,1-3H3,(H,15,16);1H. The fraction of sp³-hybridized carbons (Fsp3) is 0.500. The van der Waals surface area contributed by atoms with Gasteiger partial charge < -0.3 is 15.0 Å². The Morgan fingerprint density at radius 2 is 1.91 bits per heavy atom. The molecule has 0 aromatic heterocycles. The van der Waals surface area contributed by atoms with Gasteiger partial charge in [-0.1, -0.05) is 18.2 Å². The Morgan fingerprint density at radius 1 is 1.26 bits per heavy atom. The van der Waals surface area contributed by atoms with Crippen molar-refractivity contribution >= 4 is 40.0 Å². The van der Waals surface area contributed by atoms with E-state index >= 15 is 0 Å². The van der Waals surface area contributed by atoms with Crippen LogP contribution < -0.4 is 14.8 Å². The van der Waals surface area contributed by atoms with E-state index in [-0.39, 0.29) is 24.0 Å². The molecule has 0 fully saturated rings. The van der Waals surface area contributed by atoms with Crippen molar-refractivity contribution in [2.45, 2.75) is 0 Å². The van der Waals surface area contributed by atoms with Crippen LogP contribution >= 0.6 is 24.0 Å². The molecule has 23 heavy (non-hydrogen) atoms. The summed E-state index contributed by atoms with van der Waals surface area (Å²) in [5.41, 5.74) is 0. The molecular weight excluding hydrogens is 431 g/mol. The van der Waals surface area contributed by atoms with Crippen LogP contribution in [-0.4, -0.2) is 65.9 Å². The maximum atomic E-state index is 11.0. The van der Waals surface area contributed by atoms with Crippen molar-refractivity contribution in [2.24, 2.45) is 4.99 Å². The molecule has 7 nitrogen and oxygen atoms in total. The molecule has 9 heteroatoms. The Hall–Kier alpha value is -1.07. The first-order valence-electron chi connectivity index (χ1n) is 6.96.